The Bertz CT molecular complexity index is 1390. The van der Waals surface area contributed by atoms with Gasteiger partial charge >= 0.3 is 0 Å². The van der Waals surface area contributed by atoms with Crippen molar-refractivity contribution >= 4 is 33.7 Å². The highest BCUT2D eigenvalue weighted by Gasteiger charge is 2.13. The molecule has 0 aliphatic heterocycles. The Balaban J connectivity index is 1.32. The van der Waals surface area contributed by atoms with E-state index in [2.05, 4.69) is 4.99 Å². The van der Waals surface area contributed by atoms with Crippen LogP contribution in [0.5, 0.6) is 0 Å². The second-order valence-electron chi connectivity index (χ2n) is 7.27. The maximum atomic E-state index is 12.6. The van der Waals surface area contributed by atoms with Crippen LogP contribution in [0.2, 0.25) is 0 Å². The fourth-order valence-electron chi connectivity index (χ4n) is 3.52. The lowest BCUT2D eigenvalue weighted by Crippen LogP contribution is -2.01. The third kappa shape index (κ3) is 3.44. The number of rotatable bonds is 5. The molecule has 0 saturated heterocycles. The molecule has 0 spiro atoms. The first-order valence-corrected chi connectivity index (χ1v) is 9.78. The van der Waals surface area contributed by atoms with E-state index in [0.29, 0.717) is 17.1 Å². The van der Waals surface area contributed by atoms with Crippen LogP contribution >= 0.6 is 0 Å². The van der Waals surface area contributed by atoms with Gasteiger partial charge in [0.2, 0.25) is 5.78 Å². The maximum absolute atomic E-state index is 12.6. The van der Waals surface area contributed by atoms with Gasteiger partial charge in [0.15, 0.2) is 5.76 Å². The van der Waals surface area contributed by atoms with Gasteiger partial charge < -0.3 is 8.83 Å². The van der Waals surface area contributed by atoms with Crippen molar-refractivity contribution in [2.75, 3.05) is 6.54 Å². The summed E-state index contributed by atoms with van der Waals surface area (Å²) in [6.07, 6.45) is 1.58. The number of Topliss-reactive ketones (excluding diaryl/α,β-unsaturated/α-hetero) is 1. The van der Waals surface area contributed by atoms with Crippen LogP contribution in [-0.2, 0) is 0 Å². The van der Waals surface area contributed by atoms with E-state index >= 15 is 0 Å². The number of carbonyl (C=O) groups is 1. The molecule has 4 nitrogen and oxygen atoms in total. The van der Waals surface area contributed by atoms with Crippen LogP contribution in [0.4, 0.5) is 0 Å². The fraction of sp³-hybridized carbons (Fsp3) is 0.0769. The van der Waals surface area contributed by atoms with Crippen molar-refractivity contribution in [2.45, 2.75) is 6.92 Å². The van der Waals surface area contributed by atoms with E-state index in [4.69, 9.17) is 8.83 Å². The topological polar surface area (TPSA) is 55.7 Å². The van der Waals surface area contributed by atoms with Crippen molar-refractivity contribution in [3.63, 3.8) is 0 Å². The Morgan fingerprint density at radius 2 is 1.73 bits per heavy atom. The number of furan rings is 2. The minimum atomic E-state index is -0.170. The summed E-state index contributed by atoms with van der Waals surface area (Å²) in [6.45, 7) is 2.05. The highest BCUT2D eigenvalue weighted by molar-refractivity contribution is 6.09. The highest BCUT2D eigenvalue weighted by atomic mass is 16.3. The molecule has 0 amide bonds. The molecule has 2 aromatic heterocycles. The summed E-state index contributed by atoms with van der Waals surface area (Å²) < 4.78 is 11.6. The van der Waals surface area contributed by atoms with Crippen molar-refractivity contribution in [3.05, 3.63) is 95.9 Å². The SMILES string of the molecule is Cc1ccc(-c2ccc(C=NCC(=O)c3cc4c(ccc5ccccc54)o3)o2)cc1. The Hall–Kier alpha value is -3.92. The molecule has 2 heterocycles. The van der Waals surface area contributed by atoms with Gasteiger partial charge in [-0.1, -0.05) is 60.2 Å². The van der Waals surface area contributed by atoms with E-state index in [9.17, 15) is 4.79 Å². The number of ketones is 1. The lowest BCUT2D eigenvalue weighted by atomic mass is 10.1. The maximum Gasteiger partial charge on any atom is 0.219 e. The van der Waals surface area contributed by atoms with Crippen molar-refractivity contribution in [1.29, 1.82) is 0 Å². The summed E-state index contributed by atoms with van der Waals surface area (Å²) in [4.78, 5) is 16.8. The van der Waals surface area contributed by atoms with Gasteiger partial charge in [0.05, 0.1) is 6.21 Å². The molecule has 0 N–H and O–H groups in total. The summed E-state index contributed by atoms with van der Waals surface area (Å²) in [5, 5.41) is 3.12. The van der Waals surface area contributed by atoms with Crippen LogP contribution in [0.3, 0.4) is 0 Å². The molecule has 0 bridgehead atoms. The summed E-state index contributed by atoms with van der Waals surface area (Å²) in [5.41, 5.74) is 2.91. The molecule has 30 heavy (non-hydrogen) atoms. The van der Waals surface area contributed by atoms with E-state index in [1.54, 1.807) is 12.3 Å². The number of hydrogen-bond donors (Lipinski definition) is 0. The summed E-state index contributed by atoms with van der Waals surface area (Å²) in [5.74, 6) is 1.52. The second kappa shape index (κ2) is 7.48. The second-order valence-corrected chi connectivity index (χ2v) is 7.27. The molecule has 4 heteroatoms. The third-order valence-corrected chi connectivity index (χ3v) is 5.12. The average molecular weight is 393 g/mol. The largest absolute Gasteiger partial charge is 0.455 e. The predicted molar refractivity (Wildman–Crippen MR) is 119 cm³/mol. The Kier molecular flexibility index (Phi) is 4.52. The Labute approximate surface area is 173 Å². The van der Waals surface area contributed by atoms with E-state index in [1.165, 1.54) is 5.56 Å². The Morgan fingerprint density at radius 3 is 2.60 bits per heavy atom. The molecule has 0 radical (unpaired) electrons. The van der Waals surface area contributed by atoms with Crippen LogP contribution < -0.4 is 0 Å². The van der Waals surface area contributed by atoms with Crippen molar-refractivity contribution in [2.24, 2.45) is 4.99 Å². The standard InChI is InChI=1S/C26H19NO3/c1-17-6-8-19(9-7-17)24-13-11-20(29-24)15-27-16-23(28)26-14-22-21-5-3-2-4-18(21)10-12-25(22)30-26/h2-15H,16H2,1H3. The first kappa shape index (κ1) is 18.1. The molecule has 0 saturated carbocycles. The van der Waals surface area contributed by atoms with Crippen LogP contribution in [-0.4, -0.2) is 18.5 Å². The van der Waals surface area contributed by atoms with Gasteiger partial charge in [-0.15, -0.1) is 0 Å². The number of carbonyl (C=O) groups excluding carboxylic acids is 1. The summed E-state index contributed by atoms with van der Waals surface area (Å²) in [6, 6.07) is 25.6. The zero-order valence-corrected chi connectivity index (χ0v) is 16.5. The Morgan fingerprint density at radius 1 is 0.900 bits per heavy atom. The van der Waals surface area contributed by atoms with Gasteiger partial charge in [-0.25, -0.2) is 0 Å². The fourth-order valence-corrected chi connectivity index (χ4v) is 3.52. The lowest BCUT2D eigenvalue weighted by molar-refractivity contribution is 0.0978. The van der Waals surface area contributed by atoms with Gasteiger partial charge in [-0.05, 0) is 42.0 Å². The molecule has 5 aromatic rings. The molecule has 146 valence electrons. The smallest absolute Gasteiger partial charge is 0.219 e. The minimum absolute atomic E-state index is 0.00167. The van der Waals surface area contributed by atoms with Crippen LogP contribution in [0.25, 0.3) is 33.1 Å². The van der Waals surface area contributed by atoms with Gasteiger partial charge in [-0.2, -0.15) is 0 Å². The first-order chi connectivity index (χ1) is 14.7. The normalized spacial score (nSPS) is 11.6. The molecule has 0 atom stereocenters. The molecular weight excluding hydrogens is 374 g/mol. The number of aliphatic imine (C=N–C) groups is 1. The van der Waals surface area contributed by atoms with Gasteiger partial charge in [0, 0.05) is 10.9 Å². The third-order valence-electron chi connectivity index (χ3n) is 5.12. The minimum Gasteiger partial charge on any atom is -0.455 e. The number of fused-ring (bicyclic) bond motifs is 3. The zero-order valence-electron chi connectivity index (χ0n) is 16.5. The molecule has 0 fully saturated rings. The van der Waals surface area contributed by atoms with Gasteiger partial charge in [0.1, 0.15) is 23.6 Å². The molecule has 0 aliphatic rings. The first-order valence-electron chi connectivity index (χ1n) is 9.78. The van der Waals surface area contributed by atoms with Crippen molar-refractivity contribution < 1.29 is 13.6 Å². The van der Waals surface area contributed by atoms with Crippen LogP contribution in [0, 0.1) is 6.92 Å². The summed E-state index contributed by atoms with van der Waals surface area (Å²) in [7, 11) is 0. The highest BCUT2D eigenvalue weighted by Crippen LogP contribution is 2.28. The molecule has 3 aromatic carbocycles. The van der Waals surface area contributed by atoms with Crippen molar-refractivity contribution in [1.82, 2.24) is 0 Å². The van der Waals surface area contributed by atoms with Crippen LogP contribution in [0.1, 0.15) is 21.9 Å². The van der Waals surface area contributed by atoms with E-state index in [-0.39, 0.29) is 12.3 Å². The van der Waals surface area contributed by atoms with E-state index in [1.807, 2.05) is 79.7 Å². The average Bonchev–Trinajstić information content (AvgIpc) is 3.41. The van der Waals surface area contributed by atoms with Crippen molar-refractivity contribution in [3.8, 4) is 11.3 Å². The number of hydrogen-bond acceptors (Lipinski definition) is 4. The van der Waals surface area contributed by atoms with Gasteiger partial charge in [-0.3, -0.25) is 9.79 Å². The quantitative estimate of drug-likeness (QED) is 0.254. The van der Waals surface area contributed by atoms with E-state index < -0.39 is 0 Å². The molecule has 5 rings (SSSR count). The number of aryl methyl sites for hydroxylation is 1. The summed E-state index contributed by atoms with van der Waals surface area (Å²) >= 11 is 0. The molecule has 0 unspecified atom stereocenters. The molecular formula is C26H19NO3. The van der Waals surface area contributed by atoms with Gasteiger partial charge in [0.25, 0.3) is 0 Å². The van der Waals surface area contributed by atoms with E-state index in [0.717, 1.165) is 27.5 Å². The zero-order chi connectivity index (χ0) is 20.5. The number of benzene rings is 3. The monoisotopic (exact) mass is 393 g/mol. The number of nitrogens with zero attached hydrogens (tertiary/aromatic N) is 1. The lowest BCUT2D eigenvalue weighted by Gasteiger charge is -1.97. The predicted octanol–water partition coefficient (Wildman–Crippen LogP) is 6.46. The van der Waals surface area contributed by atoms with Crippen LogP contribution in [0.15, 0.2) is 92.7 Å². The molecule has 0 aliphatic carbocycles.